The molecule has 5 heterocycles. The van der Waals surface area contributed by atoms with Crippen molar-refractivity contribution < 1.29 is 28.6 Å². The Morgan fingerprint density at radius 3 is 2.81 bits per heavy atom. The molecule has 0 radical (unpaired) electrons. The van der Waals surface area contributed by atoms with Crippen LogP contribution in [0, 0.1) is 17.3 Å². The summed E-state index contributed by atoms with van der Waals surface area (Å²) in [6.07, 6.45) is 11.8. The number of carbonyl (C=O) groups is 3. The third-order valence-corrected chi connectivity index (χ3v) is 12.2. The molecule has 2 aromatic rings. The van der Waals surface area contributed by atoms with Crippen molar-refractivity contribution in [3.63, 3.8) is 0 Å². The Morgan fingerprint density at radius 1 is 1.25 bits per heavy atom. The fraction of sp³-hybridized carbons (Fsp3) is 0.575. The van der Waals surface area contributed by atoms with Crippen molar-refractivity contribution in [1.29, 1.82) is 0 Å². The summed E-state index contributed by atoms with van der Waals surface area (Å²) >= 11 is 1.49. The van der Waals surface area contributed by atoms with E-state index in [9.17, 15) is 14.4 Å². The van der Waals surface area contributed by atoms with Gasteiger partial charge in [0.05, 0.1) is 41.3 Å². The Bertz CT molecular complexity index is 1810. The lowest BCUT2D eigenvalue weighted by Crippen LogP contribution is -2.61. The number of fused-ring (bicyclic) bond motifs is 5. The molecule has 284 valence electrons. The average molecular weight is 745 g/mol. The highest BCUT2D eigenvalue weighted by Gasteiger charge is 2.43. The zero-order chi connectivity index (χ0) is 37.4. The number of esters is 1. The monoisotopic (exact) mass is 744 g/mol. The molecule has 5 aliphatic rings. The highest BCUT2D eigenvalue weighted by molar-refractivity contribution is 7.09. The van der Waals surface area contributed by atoms with E-state index in [0.717, 1.165) is 39.8 Å². The molecule has 12 nitrogen and oxygen atoms in total. The number of pyridine rings is 1. The van der Waals surface area contributed by atoms with Gasteiger partial charge < -0.3 is 24.4 Å². The lowest BCUT2D eigenvalue weighted by Gasteiger charge is -2.37. The van der Waals surface area contributed by atoms with E-state index < -0.39 is 17.5 Å². The Labute approximate surface area is 316 Å². The van der Waals surface area contributed by atoms with Crippen LogP contribution in [0.25, 0.3) is 11.3 Å². The molecule has 2 fully saturated rings. The average Bonchev–Trinajstić information content (AvgIpc) is 3.73. The van der Waals surface area contributed by atoms with E-state index in [4.69, 9.17) is 24.2 Å². The van der Waals surface area contributed by atoms with Gasteiger partial charge in [0.15, 0.2) is 0 Å². The second-order valence-electron chi connectivity index (χ2n) is 15.7. The molecular formula is C40H52N6O6S. The maximum absolute atomic E-state index is 14.1. The molecule has 2 N–H and O–H groups in total. The summed E-state index contributed by atoms with van der Waals surface area (Å²) in [5.41, 5.74) is 8.93. The van der Waals surface area contributed by atoms with Crippen molar-refractivity contribution in [2.24, 2.45) is 17.3 Å². The van der Waals surface area contributed by atoms with Crippen LogP contribution in [0.15, 0.2) is 47.5 Å². The van der Waals surface area contributed by atoms with Gasteiger partial charge in [-0.15, -0.1) is 11.3 Å². The van der Waals surface area contributed by atoms with Gasteiger partial charge >= 0.3 is 5.97 Å². The number of methoxy groups -OCH3 is 2. The molecule has 53 heavy (non-hydrogen) atoms. The normalized spacial score (nSPS) is 29.1. The number of cyclic esters (lactones) is 1. The SMILES string of the molecule is CCN1C(c2cccnc2[C@H](C)OC)=C2CC(C)(C)COC(=O)[C@@H]3CCCN(N3)C(=O)[C@@H](NC(=O)C3CC(OC)C3)Cc3nc(cs3)C3=CC2C1C=C3. The van der Waals surface area contributed by atoms with Crippen LogP contribution in [-0.4, -0.2) is 95.8 Å². The van der Waals surface area contributed by atoms with Gasteiger partial charge in [-0.3, -0.25) is 24.4 Å². The number of hydrogen-bond donors (Lipinski definition) is 2. The fourth-order valence-corrected chi connectivity index (χ4v) is 9.15. The molecule has 1 saturated heterocycles. The van der Waals surface area contributed by atoms with Gasteiger partial charge in [-0.25, -0.2) is 10.4 Å². The van der Waals surface area contributed by atoms with Crippen LogP contribution in [0.2, 0.25) is 0 Å². The molecule has 2 amide bonds. The molecule has 6 bridgehead atoms. The summed E-state index contributed by atoms with van der Waals surface area (Å²) in [5, 5.41) is 7.32. The number of carbonyl (C=O) groups excluding carboxylic acids is 3. The van der Waals surface area contributed by atoms with Crippen molar-refractivity contribution in [3.8, 4) is 0 Å². The van der Waals surface area contributed by atoms with Crippen molar-refractivity contribution in [3.05, 3.63) is 69.5 Å². The molecule has 7 rings (SSSR count). The van der Waals surface area contributed by atoms with Gasteiger partial charge in [0, 0.05) is 73.8 Å². The molecular weight excluding hydrogens is 693 g/mol. The highest BCUT2D eigenvalue weighted by Crippen LogP contribution is 2.49. The van der Waals surface area contributed by atoms with E-state index in [2.05, 4.69) is 60.7 Å². The maximum atomic E-state index is 14.1. The van der Waals surface area contributed by atoms with Crippen LogP contribution in [0.4, 0.5) is 0 Å². The maximum Gasteiger partial charge on any atom is 0.324 e. The second-order valence-corrected chi connectivity index (χ2v) is 16.6. The van der Waals surface area contributed by atoms with Gasteiger partial charge in [0.25, 0.3) is 5.91 Å². The molecule has 0 spiro atoms. The second kappa shape index (κ2) is 15.4. The smallest absolute Gasteiger partial charge is 0.324 e. The van der Waals surface area contributed by atoms with Crippen LogP contribution < -0.4 is 10.7 Å². The van der Waals surface area contributed by atoms with Crippen molar-refractivity contribution >= 4 is 40.4 Å². The topological polar surface area (TPSA) is 135 Å². The van der Waals surface area contributed by atoms with Crippen LogP contribution in [0.1, 0.15) is 87.9 Å². The van der Waals surface area contributed by atoms with E-state index >= 15 is 0 Å². The van der Waals surface area contributed by atoms with Crippen LogP contribution >= 0.6 is 11.3 Å². The third-order valence-electron chi connectivity index (χ3n) is 11.4. The number of rotatable bonds is 7. The number of hydrazine groups is 1. The van der Waals surface area contributed by atoms with E-state index in [1.165, 1.54) is 21.9 Å². The first kappa shape index (κ1) is 37.4. The molecule has 2 aromatic heterocycles. The standard InChI is InChI=1S/C40H52N6O6S/c1-7-45-33-13-12-24-18-28(33)29(36(45)27-10-8-14-41-35(27)23(2)50-5)20-40(3,4)22-52-39(49)30-11-9-15-46(44-30)38(48)31(19-34-42-32(24)21-53-34)43-37(47)25-16-26(17-25)51-6/h8,10,12-14,18,21,23,25-26,28,30-31,33,44H,7,9,11,15-17,19-20,22H2,1-6H3,(H,43,47)/t23-,25?,26?,28?,30-,31-,33?/m0/s1. The van der Waals surface area contributed by atoms with Crippen molar-refractivity contribution in [1.82, 2.24) is 30.6 Å². The first-order chi connectivity index (χ1) is 25.5. The summed E-state index contributed by atoms with van der Waals surface area (Å²) in [7, 11) is 3.36. The number of likely N-dealkylation sites (N-methyl/N-ethyl adjacent to an activating group) is 1. The summed E-state index contributed by atoms with van der Waals surface area (Å²) in [6, 6.07) is 2.67. The summed E-state index contributed by atoms with van der Waals surface area (Å²) in [4.78, 5) is 53.4. The molecule has 2 aliphatic carbocycles. The first-order valence-electron chi connectivity index (χ1n) is 18.9. The van der Waals surface area contributed by atoms with E-state index in [1.54, 1.807) is 14.2 Å². The van der Waals surface area contributed by atoms with E-state index in [-0.39, 0.29) is 60.9 Å². The van der Waals surface area contributed by atoms with Gasteiger partial charge in [0.2, 0.25) is 5.91 Å². The van der Waals surface area contributed by atoms with E-state index in [0.29, 0.717) is 38.6 Å². The predicted octanol–water partition coefficient (Wildman–Crippen LogP) is 4.85. The number of hydrogen-bond acceptors (Lipinski definition) is 11. The van der Waals surface area contributed by atoms with Crippen LogP contribution in [0.5, 0.6) is 0 Å². The lowest BCUT2D eigenvalue weighted by atomic mass is 9.78. The number of aromatic nitrogens is 2. The first-order valence-corrected chi connectivity index (χ1v) is 19.8. The molecule has 13 heteroatoms. The molecule has 1 saturated carbocycles. The Balaban J connectivity index is 1.29. The minimum Gasteiger partial charge on any atom is -0.464 e. The van der Waals surface area contributed by atoms with Crippen LogP contribution in [-0.2, 0) is 35.0 Å². The fourth-order valence-electron chi connectivity index (χ4n) is 8.30. The Morgan fingerprint density at radius 2 is 2.06 bits per heavy atom. The highest BCUT2D eigenvalue weighted by atomic mass is 32.1. The van der Waals surface area contributed by atoms with Crippen LogP contribution in [0.3, 0.4) is 0 Å². The van der Waals surface area contributed by atoms with Gasteiger partial charge in [0.1, 0.15) is 12.1 Å². The van der Waals surface area contributed by atoms with Crippen molar-refractivity contribution in [2.75, 3.05) is 33.9 Å². The number of allylic oxidation sites excluding steroid dienone is 2. The number of nitrogens with zero attached hydrogens (tertiary/aromatic N) is 4. The Hall–Kier alpha value is -3.91. The Kier molecular flexibility index (Phi) is 10.9. The summed E-state index contributed by atoms with van der Waals surface area (Å²) in [6.45, 7) is 9.89. The molecule has 0 aromatic carbocycles. The molecule has 3 aliphatic heterocycles. The van der Waals surface area contributed by atoms with Gasteiger partial charge in [-0.05, 0) is 69.2 Å². The van der Waals surface area contributed by atoms with Crippen molar-refractivity contribution in [2.45, 2.75) is 96.6 Å². The summed E-state index contributed by atoms with van der Waals surface area (Å²) < 4.78 is 17.3. The minimum atomic E-state index is -0.850. The number of nitrogens with one attached hydrogen (secondary N) is 2. The third kappa shape index (κ3) is 7.58. The van der Waals surface area contributed by atoms with Gasteiger partial charge in [-0.1, -0.05) is 32.1 Å². The predicted molar refractivity (Wildman–Crippen MR) is 202 cm³/mol. The zero-order valence-electron chi connectivity index (χ0n) is 31.6. The largest absolute Gasteiger partial charge is 0.464 e. The molecule has 2 unspecified atom stereocenters. The number of thiazole rings is 1. The number of amides is 2. The minimum absolute atomic E-state index is 0.0375. The quantitative estimate of drug-likeness (QED) is 0.379. The lowest BCUT2D eigenvalue weighted by molar-refractivity contribution is -0.155. The zero-order valence-corrected chi connectivity index (χ0v) is 32.4. The number of ether oxygens (including phenoxy) is 3. The molecule has 5 atom stereocenters. The summed E-state index contributed by atoms with van der Waals surface area (Å²) in [5.74, 6) is -1.01. The van der Waals surface area contributed by atoms with Gasteiger partial charge in [-0.2, -0.15) is 0 Å². The van der Waals surface area contributed by atoms with E-state index in [1.807, 2.05) is 24.6 Å².